The van der Waals surface area contributed by atoms with E-state index in [9.17, 15) is 4.79 Å². The number of carbonyl (C=O) groups is 1. The SMILES string of the molecule is COc1ccc(CNC(=O)NC(C)c2ccc3c(c2)OCCO3)cc1OC. The number of nitrogens with one attached hydrogen (secondary N) is 2. The molecule has 3 rings (SSSR count). The van der Waals surface area contributed by atoms with Crippen molar-refractivity contribution < 1.29 is 23.7 Å². The second-order valence-electron chi connectivity index (χ2n) is 6.14. The van der Waals surface area contributed by atoms with E-state index in [-0.39, 0.29) is 12.1 Å². The molecule has 1 atom stereocenters. The molecule has 2 N–H and O–H groups in total. The van der Waals surface area contributed by atoms with Crippen molar-refractivity contribution in [2.24, 2.45) is 0 Å². The van der Waals surface area contributed by atoms with Crippen LogP contribution in [0.25, 0.3) is 0 Å². The molecule has 7 heteroatoms. The van der Waals surface area contributed by atoms with Crippen molar-refractivity contribution in [3.05, 3.63) is 47.5 Å². The number of urea groups is 1. The van der Waals surface area contributed by atoms with E-state index in [1.807, 2.05) is 43.3 Å². The third-order valence-electron chi connectivity index (χ3n) is 4.31. The third kappa shape index (κ3) is 4.55. The Morgan fingerprint density at radius 1 is 1.04 bits per heavy atom. The lowest BCUT2D eigenvalue weighted by Crippen LogP contribution is -2.36. The molecule has 0 radical (unpaired) electrons. The zero-order chi connectivity index (χ0) is 19.2. The van der Waals surface area contributed by atoms with Gasteiger partial charge >= 0.3 is 6.03 Å². The van der Waals surface area contributed by atoms with Crippen molar-refractivity contribution in [1.29, 1.82) is 0 Å². The van der Waals surface area contributed by atoms with E-state index in [2.05, 4.69) is 10.6 Å². The summed E-state index contributed by atoms with van der Waals surface area (Å²) in [5, 5.41) is 5.77. The van der Waals surface area contributed by atoms with Gasteiger partial charge in [-0.05, 0) is 42.3 Å². The number of methoxy groups -OCH3 is 2. The molecule has 2 aromatic rings. The third-order valence-corrected chi connectivity index (χ3v) is 4.31. The van der Waals surface area contributed by atoms with E-state index in [0.717, 1.165) is 16.9 Å². The summed E-state index contributed by atoms with van der Waals surface area (Å²) in [6.45, 7) is 3.38. The van der Waals surface area contributed by atoms with Gasteiger partial charge in [0.2, 0.25) is 0 Å². The molecule has 1 unspecified atom stereocenters. The average molecular weight is 372 g/mol. The fourth-order valence-corrected chi connectivity index (χ4v) is 2.83. The van der Waals surface area contributed by atoms with Gasteiger partial charge < -0.3 is 29.6 Å². The van der Waals surface area contributed by atoms with Crippen LogP contribution in [-0.2, 0) is 6.54 Å². The monoisotopic (exact) mass is 372 g/mol. The molecule has 2 aromatic carbocycles. The Morgan fingerprint density at radius 2 is 1.78 bits per heavy atom. The predicted molar refractivity (Wildman–Crippen MR) is 101 cm³/mol. The zero-order valence-corrected chi connectivity index (χ0v) is 15.7. The predicted octanol–water partition coefficient (Wildman–Crippen LogP) is 3.04. The quantitative estimate of drug-likeness (QED) is 0.815. The molecule has 1 aliphatic rings. The Balaban J connectivity index is 1.56. The van der Waals surface area contributed by atoms with Crippen LogP contribution >= 0.6 is 0 Å². The van der Waals surface area contributed by atoms with Crippen molar-refractivity contribution in [1.82, 2.24) is 10.6 Å². The molecule has 2 amide bonds. The van der Waals surface area contributed by atoms with E-state index in [0.29, 0.717) is 37.0 Å². The number of hydrogen-bond acceptors (Lipinski definition) is 5. The van der Waals surface area contributed by atoms with E-state index in [4.69, 9.17) is 18.9 Å². The summed E-state index contributed by atoms with van der Waals surface area (Å²) in [6.07, 6.45) is 0. The molecule has 1 aliphatic heterocycles. The standard InChI is InChI=1S/C20H24N2O5/c1-13(15-5-7-17-19(11-15)27-9-8-26-17)22-20(23)21-12-14-4-6-16(24-2)18(10-14)25-3/h4-7,10-11,13H,8-9,12H2,1-3H3,(H2,21,22,23). The Labute approximate surface area is 158 Å². The molecule has 0 spiro atoms. The van der Waals surface area contributed by atoms with Gasteiger partial charge in [0.15, 0.2) is 23.0 Å². The molecule has 0 aromatic heterocycles. The highest BCUT2D eigenvalue weighted by atomic mass is 16.6. The van der Waals surface area contributed by atoms with Crippen molar-refractivity contribution in [2.45, 2.75) is 19.5 Å². The maximum atomic E-state index is 12.2. The molecule has 0 aliphatic carbocycles. The number of benzene rings is 2. The molecule has 7 nitrogen and oxygen atoms in total. The number of carbonyl (C=O) groups excluding carboxylic acids is 1. The summed E-state index contributed by atoms with van der Waals surface area (Å²) in [7, 11) is 3.17. The first-order valence-electron chi connectivity index (χ1n) is 8.75. The number of ether oxygens (including phenoxy) is 4. The van der Waals surface area contributed by atoms with Gasteiger partial charge in [-0.3, -0.25) is 0 Å². The minimum Gasteiger partial charge on any atom is -0.493 e. The van der Waals surface area contributed by atoms with Crippen molar-refractivity contribution in [3.63, 3.8) is 0 Å². The van der Waals surface area contributed by atoms with Crippen LogP contribution in [0.2, 0.25) is 0 Å². The van der Waals surface area contributed by atoms with Gasteiger partial charge in [-0.2, -0.15) is 0 Å². The molecule has 0 bridgehead atoms. The molecule has 1 heterocycles. The van der Waals surface area contributed by atoms with Crippen LogP contribution in [0, 0.1) is 0 Å². The lowest BCUT2D eigenvalue weighted by atomic mass is 10.1. The highest BCUT2D eigenvalue weighted by Crippen LogP contribution is 2.32. The Morgan fingerprint density at radius 3 is 2.52 bits per heavy atom. The van der Waals surface area contributed by atoms with Crippen LogP contribution in [0.5, 0.6) is 23.0 Å². The number of rotatable bonds is 6. The highest BCUT2D eigenvalue weighted by molar-refractivity contribution is 5.74. The highest BCUT2D eigenvalue weighted by Gasteiger charge is 2.16. The molecule has 0 fully saturated rings. The van der Waals surface area contributed by atoms with Crippen LogP contribution in [0.1, 0.15) is 24.1 Å². The first kappa shape index (κ1) is 18.7. The van der Waals surface area contributed by atoms with Gasteiger partial charge in [0.05, 0.1) is 20.3 Å². The summed E-state index contributed by atoms with van der Waals surface area (Å²) in [5.41, 5.74) is 1.86. The summed E-state index contributed by atoms with van der Waals surface area (Å²) >= 11 is 0. The fourth-order valence-electron chi connectivity index (χ4n) is 2.83. The first-order chi connectivity index (χ1) is 13.1. The summed E-state index contributed by atoms with van der Waals surface area (Å²) in [5.74, 6) is 2.72. The molecular formula is C20H24N2O5. The van der Waals surface area contributed by atoms with Gasteiger partial charge in [-0.15, -0.1) is 0 Å². The second-order valence-corrected chi connectivity index (χ2v) is 6.14. The van der Waals surface area contributed by atoms with E-state index < -0.39 is 0 Å². The summed E-state index contributed by atoms with van der Waals surface area (Å²) in [6, 6.07) is 10.8. The molecule has 27 heavy (non-hydrogen) atoms. The van der Waals surface area contributed by atoms with Gasteiger partial charge in [0.1, 0.15) is 13.2 Å². The number of amides is 2. The van der Waals surface area contributed by atoms with Crippen molar-refractivity contribution >= 4 is 6.03 Å². The fraction of sp³-hybridized carbons (Fsp3) is 0.350. The smallest absolute Gasteiger partial charge is 0.315 e. The van der Waals surface area contributed by atoms with Crippen LogP contribution in [0.4, 0.5) is 4.79 Å². The number of hydrogen-bond donors (Lipinski definition) is 2. The van der Waals surface area contributed by atoms with Gasteiger partial charge in [0.25, 0.3) is 0 Å². The summed E-state index contributed by atoms with van der Waals surface area (Å²) < 4.78 is 21.6. The molecule has 0 saturated heterocycles. The van der Waals surface area contributed by atoms with Crippen LogP contribution in [0.3, 0.4) is 0 Å². The Hall–Kier alpha value is -3.09. The lowest BCUT2D eigenvalue weighted by Gasteiger charge is -2.21. The number of fused-ring (bicyclic) bond motifs is 1. The molecular weight excluding hydrogens is 348 g/mol. The van der Waals surface area contributed by atoms with Crippen molar-refractivity contribution in [2.75, 3.05) is 27.4 Å². The van der Waals surface area contributed by atoms with Gasteiger partial charge in [-0.1, -0.05) is 12.1 Å². The largest absolute Gasteiger partial charge is 0.493 e. The Bertz CT molecular complexity index is 809. The van der Waals surface area contributed by atoms with Gasteiger partial charge in [0, 0.05) is 6.54 Å². The molecule has 0 saturated carbocycles. The molecule has 144 valence electrons. The van der Waals surface area contributed by atoms with Crippen LogP contribution in [-0.4, -0.2) is 33.5 Å². The average Bonchev–Trinajstić information content (AvgIpc) is 2.71. The van der Waals surface area contributed by atoms with E-state index >= 15 is 0 Å². The maximum absolute atomic E-state index is 12.2. The van der Waals surface area contributed by atoms with E-state index in [1.54, 1.807) is 14.2 Å². The first-order valence-corrected chi connectivity index (χ1v) is 8.75. The maximum Gasteiger partial charge on any atom is 0.315 e. The topological polar surface area (TPSA) is 78.1 Å². The van der Waals surface area contributed by atoms with Gasteiger partial charge in [-0.25, -0.2) is 4.79 Å². The summed E-state index contributed by atoms with van der Waals surface area (Å²) in [4.78, 5) is 12.2. The van der Waals surface area contributed by atoms with E-state index in [1.165, 1.54) is 0 Å². The normalized spacial score (nSPS) is 13.4. The minimum atomic E-state index is -0.257. The van der Waals surface area contributed by atoms with Crippen LogP contribution < -0.4 is 29.6 Å². The van der Waals surface area contributed by atoms with Crippen LogP contribution in [0.15, 0.2) is 36.4 Å². The lowest BCUT2D eigenvalue weighted by molar-refractivity contribution is 0.171. The second kappa shape index (κ2) is 8.53. The Kier molecular flexibility index (Phi) is 5.90. The zero-order valence-electron chi connectivity index (χ0n) is 15.7. The minimum absolute atomic E-state index is 0.175. The van der Waals surface area contributed by atoms with Crippen molar-refractivity contribution in [3.8, 4) is 23.0 Å².